The number of alkyl halides is 2. The van der Waals surface area contributed by atoms with Crippen LogP contribution in [-0.2, 0) is 17.9 Å². The predicted octanol–water partition coefficient (Wildman–Crippen LogP) is 2.45. The molecule has 0 aliphatic carbocycles. The van der Waals surface area contributed by atoms with E-state index in [-0.39, 0.29) is 24.7 Å². The first kappa shape index (κ1) is 15.2. The highest BCUT2D eigenvalue weighted by Crippen LogP contribution is 2.24. The Morgan fingerprint density at radius 2 is 2.29 bits per heavy atom. The summed E-state index contributed by atoms with van der Waals surface area (Å²) in [5.41, 5.74) is 0.372. The first-order valence-corrected chi connectivity index (χ1v) is 6.40. The monoisotopic (exact) mass is 315 g/mol. The summed E-state index contributed by atoms with van der Waals surface area (Å²) in [6.45, 7) is -2.87. The molecule has 2 rings (SSSR count). The molecule has 1 aromatic heterocycles. The Kier molecular flexibility index (Phi) is 5.10. The number of halogens is 3. The van der Waals surface area contributed by atoms with Crippen LogP contribution in [0, 0.1) is 0 Å². The molecule has 5 nitrogen and oxygen atoms in total. The molecule has 1 amide bonds. The highest BCUT2D eigenvalue weighted by atomic mass is 35.5. The smallest absolute Gasteiger partial charge is 0.387 e. The van der Waals surface area contributed by atoms with E-state index in [1.165, 1.54) is 22.9 Å². The zero-order chi connectivity index (χ0) is 15.2. The van der Waals surface area contributed by atoms with Crippen molar-refractivity contribution in [2.24, 2.45) is 0 Å². The lowest BCUT2D eigenvalue weighted by molar-refractivity contribution is -0.122. The van der Waals surface area contributed by atoms with Crippen molar-refractivity contribution in [2.45, 2.75) is 19.7 Å². The maximum absolute atomic E-state index is 12.3. The number of ether oxygens (including phenoxy) is 1. The van der Waals surface area contributed by atoms with Crippen LogP contribution < -0.4 is 10.1 Å². The number of hydrogen-bond acceptors (Lipinski definition) is 3. The van der Waals surface area contributed by atoms with E-state index in [1.807, 2.05) is 0 Å². The number of aromatic nitrogens is 2. The summed E-state index contributed by atoms with van der Waals surface area (Å²) in [6, 6.07) is 5.93. The van der Waals surface area contributed by atoms with Gasteiger partial charge < -0.3 is 10.1 Å². The van der Waals surface area contributed by atoms with Crippen LogP contribution >= 0.6 is 11.6 Å². The molecule has 1 aromatic carbocycles. The minimum atomic E-state index is -2.94. The van der Waals surface area contributed by atoms with Gasteiger partial charge in [0.1, 0.15) is 12.3 Å². The number of nitrogens with zero attached hydrogens (tertiary/aromatic N) is 2. The van der Waals surface area contributed by atoms with Gasteiger partial charge in [0.25, 0.3) is 0 Å². The van der Waals surface area contributed by atoms with Gasteiger partial charge in [-0.25, -0.2) is 0 Å². The van der Waals surface area contributed by atoms with E-state index in [9.17, 15) is 13.6 Å². The zero-order valence-corrected chi connectivity index (χ0v) is 11.6. The third kappa shape index (κ3) is 4.71. The molecule has 0 unspecified atom stereocenters. The topological polar surface area (TPSA) is 56.2 Å². The van der Waals surface area contributed by atoms with Crippen molar-refractivity contribution in [2.75, 3.05) is 0 Å². The zero-order valence-electron chi connectivity index (χ0n) is 10.8. The van der Waals surface area contributed by atoms with E-state index in [4.69, 9.17) is 11.6 Å². The molecule has 8 heteroatoms. The number of amides is 1. The SMILES string of the molecule is O=C(Cn1cccn1)NCc1cc(Cl)ccc1OC(F)F. The van der Waals surface area contributed by atoms with Crippen molar-refractivity contribution in [3.8, 4) is 5.75 Å². The summed E-state index contributed by atoms with van der Waals surface area (Å²) in [6.07, 6.45) is 3.20. The highest BCUT2D eigenvalue weighted by Gasteiger charge is 2.11. The molecule has 2 aromatic rings. The Hall–Kier alpha value is -2.15. The Bertz CT molecular complexity index is 605. The molecule has 0 radical (unpaired) electrons. The van der Waals surface area contributed by atoms with Crippen molar-refractivity contribution in [3.63, 3.8) is 0 Å². The first-order valence-electron chi connectivity index (χ1n) is 6.02. The van der Waals surface area contributed by atoms with E-state index < -0.39 is 6.61 Å². The van der Waals surface area contributed by atoms with Crippen LogP contribution in [0.5, 0.6) is 5.75 Å². The molecular weight excluding hydrogens is 304 g/mol. The van der Waals surface area contributed by atoms with Gasteiger partial charge in [-0.1, -0.05) is 11.6 Å². The van der Waals surface area contributed by atoms with Crippen LogP contribution in [0.2, 0.25) is 5.02 Å². The molecule has 0 aliphatic heterocycles. The summed E-state index contributed by atoms with van der Waals surface area (Å²) < 4.78 is 30.4. The van der Waals surface area contributed by atoms with Gasteiger partial charge in [0, 0.05) is 29.5 Å². The van der Waals surface area contributed by atoms with Gasteiger partial charge >= 0.3 is 6.61 Å². The van der Waals surface area contributed by atoms with Crippen LogP contribution in [0.3, 0.4) is 0 Å². The van der Waals surface area contributed by atoms with Gasteiger partial charge in [0.2, 0.25) is 5.91 Å². The van der Waals surface area contributed by atoms with Crippen LogP contribution in [0.15, 0.2) is 36.7 Å². The first-order chi connectivity index (χ1) is 10.0. The molecule has 0 atom stereocenters. The third-order valence-electron chi connectivity index (χ3n) is 2.58. The fraction of sp³-hybridized carbons (Fsp3) is 0.231. The van der Waals surface area contributed by atoms with Crippen molar-refractivity contribution >= 4 is 17.5 Å². The second-order valence-corrected chi connectivity index (χ2v) is 4.55. The van der Waals surface area contributed by atoms with Gasteiger partial charge in [-0.15, -0.1) is 0 Å². The minimum Gasteiger partial charge on any atom is -0.434 e. The second kappa shape index (κ2) is 7.03. The van der Waals surface area contributed by atoms with Crippen LogP contribution in [0.1, 0.15) is 5.56 Å². The quantitative estimate of drug-likeness (QED) is 0.891. The average molecular weight is 316 g/mol. The lowest BCUT2D eigenvalue weighted by Crippen LogP contribution is -2.27. The number of rotatable bonds is 6. The summed E-state index contributed by atoms with van der Waals surface area (Å²) in [4.78, 5) is 11.7. The molecule has 0 aliphatic rings. The van der Waals surface area contributed by atoms with Gasteiger partial charge in [0.05, 0.1) is 0 Å². The van der Waals surface area contributed by atoms with Crippen molar-refractivity contribution in [1.29, 1.82) is 0 Å². The lowest BCUT2D eigenvalue weighted by Gasteiger charge is -2.12. The Balaban J connectivity index is 1.98. The third-order valence-corrected chi connectivity index (χ3v) is 2.81. The maximum Gasteiger partial charge on any atom is 0.387 e. The van der Waals surface area contributed by atoms with Gasteiger partial charge in [-0.05, 0) is 24.3 Å². The van der Waals surface area contributed by atoms with E-state index in [0.717, 1.165) is 0 Å². The number of benzene rings is 1. The Labute approximate surface area is 124 Å². The Morgan fingerprint density at radius 1 is 1.48 bits per heavy atom. The van der Waals surface area contributed by atoms with E-state index >= 15 is 0 Å². The summed E-state index contributed by atoms with van der Waals surface area (Å²) in [5, 5.41) is 6.86. The van der Waals surface area contributed by atoms with E-state index in [1.54, 1.807) is 18.5 Å². The standard InChI is InChI=1S/C13H12ClF2N3O2/c14-10-2-3-11(21-13(15)16)9(6-10)7-17-12(20)8-19-5-1-4-18-19/h1-6,13H,7-8H2,(H,17,20). The molecule has 0 spiro atoms. The van der Waals surface area contributed by atoms with Gasteiger partial charge in [-0.3, -0.25) is 9.48 Å². The molecular formula is C13H12ClF2N3O2. The molecule has 1 N–H and O–H groups in total. The van der Waals surface area contributed by atoms with Crippen molar-refractivity contribution in [3.05, 3.63) is 47.2 Å². The van der Waals surface area contributed by atoms with Crippen LogP contribution in [0.25, 0.3) is 0 Å². The average Bonchev–Trinajstić information content (AvgIpc) is 2.91. The number of carbonyl (C=O) groups excluding carboxylic acids is 1. The highest BCUT2D eigenvalue weighted by molar-refractivity contribution is 6.30. The molecule has 0 saturated carbocycles. The fourth-order valence-electron chi connectivity index (χ4n) is 1.69. The van der Waals surface area contributed by atoms with E-state index in [2.05, 4.69) is 15.2 Å². The summed E-state index contributed by atoms with van der Waals surface area (Å²) >= 11 is 5.81. The number of nitrogens with one attached hydrogen (secondary N) is 1. The maximum atomic E-state index is 12.3. The molecule has 0 fully saturated rings. The summed E-state index contributed by atoms with van der Waals surface area (Å²) in [5.74, 6) is -0.324. The van der Waals surface area contributed by atoms with Crippen LogP contribution in [-0.4, -0.2) is 22.3 Å². The summed E-state index contributed by atoms with van der Waals surface area (Å²) in [7, 11) is 0. The normalized spacial score (nSPS) is 10.7. The molecule has 112 valence electrons. The minimum absolute atomic E-state index is 0.0196. The second-order valence-electron chi connectivity index (χ2n) is 4.11. The molecule has 0 saturated heterocycles. The predicted molar refractivity (Wildman–Crippen MR) is 72.2 cm³/mol. The van der Waals surface area contributed by atoms with Gasteiger partial charge in [0.15, 0.2) is 0 Å². The Morgan fingerprint density at radius 3 is 2.95 bits per heavy atom. The van der Waals surface area contributed by atoms with Gasteiger partial charge in [-0.2, -0.15) is 13.9 Å². The van der Waals surface area contributed by atoms with Crippen LogP contribution in [0.4, 0.5) is 8.78 Å². The largest absolute Gasteiger partial charge is 0.434 e. The fourth-order valence-corrected chi connectivity index (χ4v) is 1.88. The van der Waals surface area contributed by atoms with Crippen molar-refractivity contribution < 1.29 is 18.3 Å². The van der Waals surface area contributed by atoms with Crippen molar-refractivity contribution in [1.82, 2.24) is 15.1 Å². The number of hydrogen-bond donors (Lipinski definition) is 1. The molecule has 21 heavy (non-hydrogen) atoms. The number of carbonyl (C=O) groups is 1. The molecule has 0 bridgehead atoms. The lowest BCUT2D eigenvalue weighted by atomic mass is 10.2. The molecule has 1 heterocycles. The van der Waals surface area contributed by atoms with E-state index in [0.29, 0.717) is 10.6 Å².